The fourth-order valence-corrected chi connectivity index (χ4v) is 4.35. The van der Waals surface area contributed by atoms with Gasteiger partial charge in [0.2, 0.25) is 10.0 Å². The molecule has 4 nitrogen and oxygen atoms in total. The molecule has 1 aliphatic heterocycles. The molecule has 0 aromatic heterocycles. The topological polar surface area (TPSA) is 49.4 Å². The third kappa shape index (κ3) is 3.34. The first-order valence-corrected chi connectivity index (χ1v) is 8.93. The molecule has 0 spiro atoms. The van der Waals surface area contributed by atoms with E-state index in [1.165, 1.54) is 18.9 Å². The van der Waals surface area contributed by atoms with Crippen molar-refractivity contribution in [1.29, 1.82) is 0 Å². The van der Waals surface area contributed by atoms with Gasteiger partial charge in [0, 0.05) is 17.1 Å². The molecule has 3 rings (SSSR count). The third-order valence-electron chi connectivity index (χ3n) is 4.02. The van der Waals surface area contributed by atoms with Crippen LogP contribution in [0.2, 0.25) is 5.02 Å². The minimum Gasteiger partial charge on any atom is -0.300 e. The lowest BCUT2D eigenvalue weighted by Crippen LogP contribution is -2.45. The van der Waals surface area contributed by atoms with Gasteiger partial charge in [0.15, 0.2) is 0 Å². The van der Waals surface area contributed by atoms with Gasteiger partial charge in [-0.1, -0.05) is 17.7 Å². The zero-order chi connectivity index (χ0) is 14.2. The van der Waals surface area contributed by atoms with Crippen LogP contribution in [0.15, 0.2) is 29.2 Å². The van der Waals surface area contributed by atoms with Crippen molar-refractivity contribution in [2.75, 3.05) is 13.1 Å². The van der Waals surface area contributed by atoms with Crippen molar-refractivity contribution < 1.29 is 8.42 Å². The minimum absolute atomic E-state index is 0.0361. The number of halogens is 1. The maximum absolute atomic E-state index is 12.3. The molecular formula is C14H19ClN2O2S. The number of rotatable bonds is 4. The normalized spacial score (nSPS) is 22.1. The molecule has 1 heterocycles. The number of hydrogen-bond donors (Lipinski definition) is 1. The predicted octanol–water partition coefficient (Wildman–Crippen LogP) is 2.25. The molecule has 110 valence electrons. The van der Waals surface area contributed by atoms with Gasteiger partial charge in [0.05, 0.1) is 4.90 Å². The third-order valence-corrected chi connectivity index (χ3v) is 5.77. The molecule has 1 aromatic carbocycles. The number of likely N-dealkylation sites (tertiary alicyclic amines) is 1. The Morgan fingerprint density at radius 3 is 2.45 bits per heavy atom. The second kappa shape index (κ2) is 5.64. The molecule has 0 radical (unpaired) electrons. The van der Waals surface area contributed by atoms with E-state index in [9.17, 15) is 8.42 Å². The fraction of sp³-hybridized carbons (Fsp3) is 0.571. The fourth-order valence-electron chi connectivity index (χ4n) is 2.74. The summed E-state index contributed by atoms with van der Waals surface area (Å²) in [5, 5.41) is 0.441. The minimum atomic E-state index is -3.46. The standard InChI is InChI=1S/C14H19ClN2O2S/c15-11-2-1-3-14(10-11)20(18,19)16-12-6-8-17(9-7-12)13-4-5-13/h1-3,10,12-13,16H,4-9H2. The van der Waals surface area contributed by atoms with Gasteiger partial charge in [0.1, 0.15) is 0 Å². The van der Waals surface area contributed by atoms with Crippen molar-refractivity contribution in [3.8, 4) is 0 Å². The van der Waals surface area contributed by atoms with Gasteiger partial charge >= 0.3 is 0 Å². The summed E-state index contributed by atoms with van der Waals surface area (Å²) >= 11 is 5.86. The van der Waals surface area contributed by atoms with Crippen LogP contribution in [-0.4, -0.2) is 38.5 Å². The zero-order valence-electron chi connectivity index (χ0n) is 11.3. The zero-order valence-corrected chi connectivity index (χ0v) is 12.8. The highest BCUT2D eigenvalue weighted by Gasteiger charge is 2.32. The largest absolute Gasteiger partial charge is 0.300 e. The van der Waals surface area contributed by atoms with E-state index in [0.717, 1.165) is 32.0 Å². The van der Waals surface area contributed by atoms with Gasteiger partial charge < -0.3 is 4.90 Å². The molecule has 0 amide bonds. The average Bonchev–Trinajstić information content (AvgIpc) is 3.24. The molecule has 0 unspecified atom stereocenters. The van der Waals surface area contributed by atoms with Crippen LogP contribution in [0.5, 0.6) is 0 Å². The smallest absolute Gasteiger partial charge is 0.240 e. The molecule has 2 aliphatic rings. The van der Waals surface area contributed by atoms with Crippen molar-refractivity contribution in [1.82, 2.24) is 9.62 Å². The summed E-state index contributed by atoms with van der Waals surface area (Å²) in [6.45, 7) is 1.99. The maximum Gasteiger partial charge on any atom is 0.240 e. The van der Waals surface area contributed by atoms with E-state index in [-0.39, 0.29) is 10.9 Å². The lowest BCUT2D eigenvalue weighted by atomic mass is 10.1. The van der Waals surface area contributed by atoms with Crippen LogP contribution >= 0.6 is 11.6 Å². The Balaban J connectivity index is 1.62. The Hall–Kier alpha value is -0.620. The average molecular weight is 315 g/mol. The number of hydrogen-bond acceptors (Lipinski definition) is 3. The van der Waals surface area contributed by atoms with Crippen LogP contribution in [0.4, 0.5) is 0 Å². The summed E-state index contributed by atoms with van der Waals surface area (Å²) in [7, 11) is -3.46. The molecule has 0 bridgehead atoms. The van der Waals surface area contributed by atoms with Gasteiger partial charge in [-0.05, 0) is 57.0 Å². The first-order valence-electron chi connectivity index (χ1n) is 7.06. The molecule has 1 aliphatic carbocycles. The second-order valence-corrected chi connectivity index (χ2v) is 7.77. The molecule has 1 saturated heterocycles. The summed E-state index contributed by atoms with van der Waals surface area (Å²) in [5.41, 5.74) is 0. The van der Waals surface area contributed by atoms with Crippen molar-refractivity contribution in [2.24, 2.45) is 0 Å². The Labute approximate surface area is 125 Å². The Bertz CT molecular complexity index is 579. The number of nitrogens with one attached hydrogen (secondary N) is 1. The van der Waals surface area contributed by atoms with E-state index >= 15 is 0 Å². The lowest BCUT2D eigenvalue weighted by molar-refractivity contribution is 0.199. The van der Waals surface area contributed by atoms with Crippen LogP contribution < -0.4 is 4.72 Å². The number of sulfonamides is 1. The van der Waals surface area contributed by atoms with Crippen molar-refractivity contribution in [3.05, 3.63) is 29.3 Å². The van der Waals surface area contributed by atoms with Gasteiger partial charge in [-0.25, -0.2) is 13.1 Å². The second-order valence-electron chi connectivity index (χ2n) is 5.62. The number of piperidine rings is 1. The van der Waals surface area contributed by atoms with Crippen LogP contribution in [0.25, 0.3) is 0 Å². The van der Waals surface area contributed by atoms with Crippen LogP contribution in [0.1, 0.15) is 25.7 Å². The molecular weight excluding hydrogens is 296 g/mol. The lowest BCUT2D eigenvalue weighted by Gasteiger charge is -2.32. The summed E-state index contributed by atoms with van der Waals surface area (Å²) in [6.07, 6.45) is 4.38. The van der Waals surface area contributed by atoms with Crippen LogP contribution in [0, 0.1) is 0 Å². The quantitative estimate of drug-likeness (QED) is 0.927. The monoisotopic (exact) mass is 314 g/mol. The maximum atomic E-state index is 12.3. The highest BCUT2D eigenvalue weighted by molar-refractivity contribution is 7.89. The van der Waals surface area contributed by atoms with E-state index in [4.69, 9.17) is 11.6 Å². The molecule has 0 atom stereocenters. The first kappa shape index (κ1) is 14.3. The van der Waals surface area contributed by atoms with Crippen LogP contribution in [0.3, 0.4) is 0 Å². The van der Waals surface area contributed by atoms with E-state index in [2.05, 4.69) is 9.62 Å². The first-order chi connectivity index (χ1) is 9.54. The molecule has 6 heteroatoms. The van der Waals surface area contributed by atoms with Gasteiger partial charge in [-0.3, -0.25) is 0 Å². The van der Waals surface area contributed by atoms with Gasteiger partial charge in [0.25, 0.3) is 0 Å². The summed E-state index contributed by atoms with van der Waals surface area (Å²) < 4.78 is 27.4. The SMILES string of the molecule is O=S(=O)(NC1CCN(C2CC2)CC1)c1cccc(Cl)c1. The molecule has 1 aromatic rings. The number of nitrogens with zero attached hydrogens (tertiary/aromatic N) is 1. The van der Waals surface area contributed by atoms with Crippen molar-refractivity contribution in [2.45, 2.75) is 42.7 Å². The van der Waals surface area contributed by atoms with E-state index in [1.807, 2.05) is 0 Å². The molecule has 1 saturated carbocycles. The number of benzene rings is 1. The summed E-state index contributed by atoms with van der Waals surface area (Å²) in [5.74, 6) is 0. The van der Waals surface area contributed by atoms with E-state index in [1.54, 1.807) is 18.2 Å². The van der Waals surface area contributed by atoms with Gasteiger partial charge in [-0.15, -0.1) is 0 Å². The molecule has 2 fully saturated rings. The molecule has 1 N–H and O–H groups in total. The Morgan fingerprint density at radius 1 is 1.15 bits per heavy atom. The molecule has 20 heavy (non-hydrogen) atoms. The highest BCUT2D eigenvalue weighted by Crippen LogP contribution is 2.29. The van der Waals surface area contributed by atoms with Crippen LogP contribution in [-0.2, 0) is 10.0 Å². The van der Waals surface area contributed by atoms with Gasteiger partial charge in [-0.2, -0.15) is 0 Å². The highest BCUT2D eigenvalue weighted by atomic mass is 35.5. The Kier molecular flexibility index (Phi) is 4.04. The predicted molar refractivity (Wildman–Crippen MR) is 79.4 cm³/mol. The van der Waals surface area contributed by atoms with Crippen molar-refractivity contribution in [3.63, 3.8) is 0 Å². The van der Waals surface area contributed by atoms with Crippen molar-refractivity contribution >= 4 is 21.6 Å². The summed E-state index contributed by atoms with van der Waals surface area (Å²) in [6, 6.07) is 7.20. The summed E-state index contributed by atoms with van der Waals surface area (Å²) in [4.78, 5) is 2.72. The van der Waals surface area contributed by atoms with E-state index < -0.39 is 10.0 Å². The van der Waals surface area contributed by atoms with E-state index in [0.29, 0.717) is 5.02 Å². The Morgan fingerprint density at radius 2 is 1.85 bits per heavy atom.